The summed E-state index contributed by atoms with van der Waals surface area (Å²) in [7, 11) is 1.35. The second-order valence-corrected chi connectivity index (χ2v) is 4.22. The van der Waals surface area contributed by atoms with Gasteiger partial charge in [-0.25, -0.2) is 4.98 Å². The molecule has 2 heterocycles. The molecule has 0 saturated carbocycles. The zero-order valence-electron chi connectivity index (χ0n) is 9.52. The van der Waals surface area contributed by atoms with Crippen LogP contribution in [-0.4, -0.2) is 32.1 Å². The summed E-state index contributed by atoms with van der Waals surface area (Å²) in [5.74, 6) is -1.13. The van der Waals surface area contributed by atoms with Crippen LogP contribution in [-0.2, 0) is 17.5 Å². The van der Waals surface area contributed by atoms with Crippen molar-refractivity contribution in [2.24, 2.45) is 0 Å². The molecule has 0 unspecified atom stereocenters. The zero-order chi connectivity index (χ0) is 14.0. The van der Waals surface area contributed by atoms with Gasteiger partial charge in [-0.1, -0.05) is 0 Å². The van der Waals surface area contributed by atoms with Crippen molar-refractivity contribution in [3.63, 3.8) is 0 Å². The van der Waals surface area contributed by atoms with Crippen LogP contribution in [0.5, 0.6) is 0 Å². The fourth-order valence-electron chi connectivity index (χ4n) is 1.29. The van der Waals surface area contributed by atoms with Crippen molar-refractivity contribution in [1.29, 1.82) is 0 Å². The van der Waals surface area contributed by atoms with Gasteiger partial charge in [-0.2, -0.15) is 17.9 Å². The molecular formula is C9H7BrF3N5O. The van der Waals surface area contributed by atoms with Crippen molar-refractivity contribution >= 4 is 15.9 Å². The molecule has 0 N–H and O–H groups in total. The molecule has 0 amide bonds. The van der Waals surface area contributed by atoms with E-state index in [-0.39, 0.29) is 18.2 Å². The van der Waals surface area contributed by atoms with Gasteiger partial charge in [0, 0.05) is 7.11 Å². The van der Waals surface area contributed by atoms with Crippen molar-refractivity contribution in [2.75, 3.05) is 7.11 Å². The van der Waals surface area contributed by atoms with Gasteiger partial charge in [-0.3, -0.25) is 0 Å². The van der Waals surface area contributed by atoms with Crippen molar-refractivity contribution in [3.05, 3.63) is 28.4 Å². The number of methoxy groups -OCH3 is 1. The zero-order valence-corrected chi connectivity index (χ0v) is 11.1. The van der Waals surface area contributed by atoms with Gasteiger partial charge in [-0.05, 0) is 28.1 Å². The molecule has 0 aliphatic heterocycles. The summed E-state index contributed by atoms with van der Waals surface area (Å²) < 4.78 is 43.9. The number of hydrogen-bond acceptors (Lipinski definition) is 5. The van der Waals surface area contributed by atoms with Crippen LogP contribution < -0.4 is 0 Å². The molecule has 0 fully saturated rings. The molecule has 102 valence electrons. The Hall–Kier alpha value is -1.55. The molecule has 0 spiro atoms. The van der Waals surface area contributed by atoms with Crippen molar-refractivity contribution < 1.29 is 17.9 Å². The van der Waals surface area contributed by atoms with E-state index in [0.29, 0.717) is 4.60 Å². The van der Waals surface area contributed by atoms with Crippen LogP contribution in [0.2, 0.25) is 0 Å². The molecule has 10 heteroatoms. The Morgan fingerprint density at radius 2 is 2.05 bits per heavy atom. The largest absolute Gasteiger partial charge is 0.453 e. The second-order valence-electron chi connectivity index (χ2n) is 3.41. The standard InChI is InChI=1S/C9H7BrF3N5O/c1-19-4-7-14-8(9(11,12)13)17-18(7)6-3-2-5(10)15-16-6/h2-3H,4H2,1H3. The predicted octanol–water partition coefficient (Wildman–Crippen LogP) is 1.99. The number of aromatic nitrogens is 5. The number of ether oxygens (including phenoxy) is 1. The van der Waals surface area contributed by atoms with Gasteiger partial charge in [0.2, 0.25) is 0 Å². The number of hydrogen-bond donors (Lipinski definition) is 0. The van der Waals surface area contributed by atoms with Gasteiger partial charge in [0.05, 0.1) is 0 Å². The molecule has 0 aliphatic carbocycles. The normalized spacial score (nSPS) is 11.8. The highest BCUT2D eigenvalue weighted by molar-refractivity contribution is 9.10. The first-order valence-corrected chi connectivity index (χ1v) is 5.73. The first-order valence-electron chi connectivity index (χ1n) is 4.93. The lowest BCUT2D eigenvalue weighted by atomic mass is 10.5. The minimum absolute atomic E-state index is 0.00792. The fraction of sp³-hybridized carbons (Fsp3) is 0.333. The fourth-order valence-corrected chi connectivity index (χ4v) is 1.50. The Labute approximate surface area is 113 Å². The Kier molecular flexibility index (Phi) is 3.80. The van der Waals surface area contributed by atoms with E-state index in [0.717, 1.165) is 4.68 Å². The summed E-state index contributed by atoms with van der Waals surface area (Å²) in [6.45, 7) is -0.124. The summed E-state index contributed by atoms with van der Waals surface area (Å²) in [5.41, 5.74) is 0. The molecule has 0 bridgehead atoms. The first kappa shape index (κ1) is 13.9. The molecule has 2 aromatic rings. The Bertz CT molecular complexity index is 568. The van der Waals surface area contributed by atoms with E-state index in [9.17, 15) is 13.2 Å². The van der Waals surface area contributed by atoms with Crippen molar-refractivity contribution in [2.45, 2.75) is 12.8 Å². The van der Waals surface area contributed by atoms with E-state index in [1.807, 2.05) is 0 Å². The SMILES string of the molecule is COCc1nc(C(F)(F)F)nn1-c1ccc(Br)nn1. The average molecular weight is 338 g/mol. The predicted molar refractivity (Wildman–Crippen MR) is 60.4 cm³/mol. The maximum absolute atomic E-state index is 12.6. The monoisotopic (exact) mass is 337 g/mol. The number of halogens is 4. The van der Waals surface area contributed by atoms with Gasteiger partial charge in [0.1, 0.15) is 11.2 Å². The highest BCUT2D eigenvalue weighted by Crippen LogP contribution is 2.27. The van der Waals surface area contributed by atoms with E-state index in [1.54, 1.807) is 0 Å². The van der Waals surface area contributed by atoms with Crippen LogP contribution in [0.25, 0.3) is 5.82 Å². The minimum Gasteiger partial charge on any atom is -0.377 e. The molecule has 6 nitrogen and oxygen atoms in total. The highest BCUT2D eigenvalue weighted by atomic mass is 79.9. The minimum atomic E-state index is -4.63. The maximum atomic E-state index is 12.6. The van der Waals surface area contributed by atoms with Crippen LogP contribution in [0.1, 0.15) is 11.6 Å². The topological polar surface area (TPSA) is 65.7 Å². The van der Waals surface area contributed by atoms with E-state index >= 15 is 0 Å². The molecule has 2 aromatic heterocycles. The highest BCUT2D eigenvalue weighted by Gasteiger charge is 2.37. The molecule has 0 atom stereocenters. The summed E-state index contributed by atoms with van der Waals surface area (Å²) in [5, 5.41) is 10.8. The number of alkyl halides is 3. The van der Waals surface area contributed by atoms with Crippen LogP contribution in [0.15, 0.2) is 16.7 Å². The van der Waals surface area contributed by atoms with Crippen molar-refractivity contribution in [3.8, 4) is 5.82 Å². The van der Waals surface area contributed by atoms with E-state index in [4.69, 9.17) is 4.74 Å². The third kappa shape index (κ3) is 3.07. The number of nitrogens with zero attached hydrogens (tertiary/aromatic N) is 5. The Balaban J connectivity index is 2.48. The molecule has 19 heavy (non-hydrogen) atoms. The van der Waals surface area contributed by atoms with Crippen LogP contribution in [0, 0.1) is 0 Å². The summed E-state index contributed by atoms with van der Waals surface area (Å²) >= 11 is 3.08. The third-order valence-electron chi connectivity index (χ3n) is 2.04. The molecule has 0 saturated heterocycles. The molecule has 0 radical (unpaired) electrons. The van der Waals surface area contributed by atoms with Gasteiger partial charge < -0.3 is 4.74 Å². The lowest BCUT2D eigenvalue weighted by Gasteiger charge is -2.02. The van der Waals surface area contributed by atoms with E-state index in [2.05, 4.69) is 36.2 Å². The summed E-state index contributed by atoms with van der Waals surface area (Å²) in [4.78, 5) is 3.39. The second kappa shape index (κ2) is 5.21. The average Bonchev–Trinajstić information content (AvgIpc) is 2.74. The molecule has 0 aromatic carbocycles. The lowest BCUT2D eigenvalue weighted by molar-refractivity contribution is -0.144. The van der Waals surface area contributed by atoms with Gasteiger partial charge >= 0.3 is 6.18 Å². The Morgan fingerprint density at radius 1 is 1.32 bits per heavy atom. The van der Waals surface area contributed by atoms with E-state index in [1.165, 1.54) is 19.2 Å². The quantitative estimate of drug-likeness (QED) is 0.856. The summed E-state index contributed by atoms with van der Waals surface area (Å²) in [6.07, 6.45) is -4.63. The van der Waals surface area contributed by atoms with Gasteiger partial charge in [0.15, 0.2) is 11.6 Å². The van der Waals surface area contributed by atoms with Crippen LogP contribution in [0.3, 0.4) is 0 Å². The summed E-state index contributed by atoms with van der Waals surface area (Å²) in [6, 6.07) is 3.00. The molecular weight excluding hydrogens is 331 g/mol. The van der Waals surface area contributed by atoms with Crippen LogP contribution >= 0.6 is 15.9 Å². The maximum Gasteiger partial charge on any atom is 0.453 e. The third-order valence-corrected chi connectivity index (χ3v) is 2.46. The lowest BCUT2D eigenvalue weighted by Crippen LogP contribution is -2.09. The van der Waals surface area contributed by atoms with E-state index < -0.39 is 12.0 Å². The first-order chi connectivity index (χ1) is 8.91. The van der Waals surface area contributed by atoms with Crippen molar-refractivity contribution in [1.82, 2.24) is 25.0 Å². The van der Waals surface area contributed by atoms with Gasteiger partial charge in [-0.15, -0.1) is 15.3 Å². The van der Waals surface area contributed by atoms with Gasteiger partial charge in [0.25, 0.3) is 5.82 Å². The molecule has 2 rings (SSSR count). The smallest absolute Gasteiger partial charge is 0.377 e. The molecule has 0 aliphatic rings. The van der Waals surface area contributed by atoms with Crippen LogP contribution in [0.4, 0.5) is 13.2 Å². The number of rotatable bonds is 3. The Morgan fingerprint density at radius 3 is 2.58 bits per heavy atom.